The van der Waals surface area contributed by atoms with Crippen molar-refractivity contribution < 1.29 is 9.18 Å². The third-order valence-corrected chi connectivity index (χ3v) is 5.37. The molecule has 1 aliphatic heterocycles. The van der Waals surface area contributed by atoms with E-state index in [1.54, 1.807) is 42.3 Å². The summed E-state index contributed by atoms with van der Waals surface area (Å²) in [5.41, 5.74) is 2.91. The molecule has 1 amide bonds. The summed E-state index contributed by atoms with van der Waals surface area (Å²) in [6.07, 6.45) is 0.510. The van der Waals surface area contributed by atoms with Crippen molar-refractivity contribution in [2.24, 2.45) is 0 Å². The average molecular weight is 406 g/mol. The first kappa shape index (κ1) is 19.4. The Hall–Kier alpha value is -2.37. The second kappa shape index (κ2) is 8.11. The molecule has 0 aliphatic carbocycles. The lowest BCUT2D eigenvalue weighted by atomic mass is 9.94. The summed E-state index contributed by atoms with van der Waals surface area (Å²) in [6, 6.07) is 10.8. The number of halogens is 3. The minimum atomic E-state index is -0.340. The first-order valence-electron chi connectivity index (χ1n) is 8.40. The van der Waals surface area contributed by atoms with Gasteiger partial charge in [0.25, 0.3) is 5.91 Å². The van der Waals surface area contributed by atoms with Crippen LogP contribution in [0.2, 0.25) is 10.0 Å². The molecule has 0 fully saturated rings. The molecule has 2 aromatic carbocycles. The monoisotopic (exact) mass is 405 g/mol. The second-order valence-electron chi connectivity index (χ2n) is 6.17. The summed E-state index contributed by atoms with van der Waals surface area (Å²) in [4.78, 5) is 14.5. The van der Waals surface area contributed by atoms with E-state index in [1.807, 2.05) is 0 Å². The molecular formula is C20H18Cl2FN3O. The molecular weight excluding hydrogens is 388 g/mol. The first-order chi connectivity index (χ1) is 12.9. The van der Waals surface area contributed by atoms with Crippen molar-refractivity contribution in [2.45, 2.75) is 6.42 Å². The van der Waals surface area contributed by atoms with Crippen LogP contribution in [0.15, 0.2) is 53.7 Å². The van der Waals surface area contributed by atoms with Gasteiger partial charge in [-0.05, 0) is 48.4 Å². The molecule has 2 N–H and O–H groups in total. The van der Waals surface area contributed by atoms with E-state index < -0.39 is 0 Å². The molecule has 0 bridgehead atoms. The Morgan fingerprint density at radius 3 is 2.56 bits per heavy atom. The van der Waals surface area contributed by atoms with Crippen molar-refractivity contribution in [2.75, 3.05) is 20.1 Å². The van der Waals surface area contributed by atoms with E-state index in [-0.39, 0.29) is 16.7 Å². The first-order valence-corrected chi connectivity index (χ1v) is 9.16. The van der Waals surface area contributed by atoms with E-state index in [4.69, 9.17) is 28.6 Å². The molecule has 0 spiro atoms. The Labute approximate surface area is 167 Å². The highest BCUT2D eigenvalue weighted by Crippen LogP contribution is 2.28. The van der Waals surface area contributed by atoms with Crippen molar-refractivity contribution in [1.82, 2.24) is 10.2 Å². The zero-order valence-electron chi connectivity index (χ0n) is 14.7. The van der Waals surface area contributed by atoms with Crippen LogP contribution in [0.3, 0.4) is 0 Å². The molecule has 1 heterocycles. The number of nitrogens with zero attached hydrogens (tertiary/aromatic N) is 1. The number of nitrogens with one attached hydrogen (secondary N) is 2. The third kappa shape index (κ3) is 3.99. The number of hydrogen-bond donors (Lipinski definition) is 2. The number of carbonyl (C=O) groups excluding carboxylic acids is 1. The number of hydrogen-bond acceptors (Lipinski definition) is 3. The van der Waals surface area contributed by atoms with E-state index in [0.717, 1.165) is 11.3 Å². The van der Waals surface area contributed by atoms with E-state index in [0.29, 0.717) is 41.4 Å². The number of likely N-dealkylation sites (N-methyl/N-ethyl adjacent to an activating group) is 1. The molecule has 3 rings (SSSR count). The predicted molar refractivity (Wildman–Crippen MR) is 106 cm³/mol. The Morgan fingerprint density at radius 2 is 1.89 bits per heavy atom. The normalized spacial score (nSPS) is 14.3. The van der Waals surface area contributed by atoms with Crippen LogP contribution in [0.1, 0.15) is 22.3 Å². The number of benzene rings is 2. The fourth-order valence-corrected chi connectivity index (χ4v) is 3.45. The van der Waals surface area contributed by atoms with Gasteiger partial charge in [-0.2, -0.15) is 0 Å². The zero-order valence-corrected chi connectivity index (χ0v) is 16.2. The van der Waals surface area contributed by atoms with Gasteiger partial charge in [0, 0.05) is 24.9 Å². The van der Waals surface area contributed by atoms with Crippen molar-refractivity contribution in [3.05, 3.63) is 80.7 Å². The number of rotatable bonds is 4. The molecule has 140 valence electrons. The van der Waals surface area contributed by atoms with Gasteiger partial charge in [-0.3, -0.25) is 10.2 Å². The second-order valence-corrected chi connectivity index (χ2v) is 6.95. The fourth-order valence-electron chi connectivity index (χ4n) is 3.07. The largest absolute Gasteiger partial charge is 0.390 e. The van der Waals surface area contributed by atoms with Gasteiger partial charge in [0.1, 0.15) is 5.82 Å². The summed E-state index contributed by atoms with van der Waals surface area (Å²) in [7, 11) is 1.76. The van der Waals surface area contributed by atoms with Crippen LogP contribution in [0.25, 0.3) is 0 Å². The van der Waals surface area contributed by atoms with Crippen molar-refractivity contribution in [3.63, 3.8) is 0 Å². The average Bonchev–Trinajstić information content (AvgIpc) is 2.69. The van der Waals surface area contributed by atoms with Gasteiger partial charge in [0.2, 0.25) is 0 Å². The van der Waals surface area contributed by atoms with Gasteiger partial charge in [-0.15, -0.1) is 0 Å². The van der Waals surface area contributed by atoms with Gasteiger partial charge >= 0.3 is 0 Å². The molecule has 27 heavy (non-hydrogen) atoms. The van der Waals surface area contributed by atoms with Crippen molar-refractivity contribution in [1.29, 1.82) is 5.41 Å². The molecule has 0 saturated heterocycles. The summed E-state index contributed by atoms with van der Waals surface area (Å²) in [5, 5.41) is 12.1. The topological polar surface area (TPSA) is 56.2 Å². The molecule has 0 unspecified atom stereocenters. The minimum absolute atomic E-state index is 0.206. The highest BCUT2D eigenvalue weighted by atomic mass is 35.5. The standard InChI is InChI=1S/C20H18Cl2FN3O/c1-25-17-11-26(20(27)15-3-2-4-16(21)18(15)22)10-9-14(17)19(24)12-5-7-13(23)8-6-12/h2-8,24-25H,9-11H2,1H3. The highest BCUT2D eigenvalue weighted by molar-refractivity contribution is 6.43. The van der Waals surface area contributed by atoms with Crippen LogP contribution in [0.4, 0.5) is 4.39 Å². The van der Waals surface area contributed by atoms with Crippen LogP contribution in [-0.2, 0) is 0 Å². The third-order valence-electron chi connectivity index (χ3n) is 4.55. The molecule has 0 saturated carbocycles. The van der Waals surface area contributed by atoms with E-state index in [9.17, 15) is 9.18 Å². The van der Waals surface area contributed by atoms with Gasteiger partial charge in [0.15, 0.2) is 0 Å². The van der Waals surface area contributed by atoms with E-state index >= 15 is 0 Å². The van der Waals surface area contributed by atoms with E-state index in [1.165, 1.54) is 12.1 Å². The van der Waals surface area contributed by atoms with Gasteiger partial charge in [-0.1, -0.05) is 29.3 Å². The molecule has 0 aromatic heterocycles. The van der Waals surface area contributed by atoms with E-state index in [2.05, 4.69) is 5.32 Å². The number of amides is 1. The maximum absolute atomic E-state index is 13.1. The molecule has 2 aromatic rings. The highest BCUT2D eigenvalue weighted by Gasteiger charge is 2.27. The van der Waals surface area contributed by atoms with Gasteiger partial charge in [0.05, 0.1) is 27.9 Å². The molecule has 0 radical (unpaired) electrons. The minimum Gasteiger partial charge on any atom is -0.390 e. The van der Waals surface area contributed by atoms with Crippen molar-refractivity contribution in [3.8, 4) is 0 Å². The smallest absolute Gasteiger partial charge is 0.255 e. The zero-order chi connectivity index (χ0) is 19.6. The Morgan fingerprint density at radius 1 is 1.19 bits per heavy atom. The predicted octanol–water partition coefficient (Wildman–Crippen LogP) is 4.52. The summed E-state index contributed by atoms with van der Waals surface area (Å²) in [5.74, 6) is -0.546. The van der Waals surface area contributed by atoms with Gasteiger partial charge < -0.3 is 10.2 Å². The van der Waals surface area contributed by atoms with Crippen LogP contribution in [0, 0.1) is 11.2 Å². The number of carbonyl (C=O) groups is 1. The quantitative estimate of drug-likeness (QED) is 0.734. The molecule has 0 atom stereocenters. The van der Waals surface area contributed by atoms with Crippen LogP contribution >= 0.6 is 23.2 Å². The van der Waals surface area contributed by atoms with Crippen LogP contribution < -0.4 is 5.32 Å². The molecule has 4 nitrogen and oxygen atoms in total. The summed E-state index contributed by atoms with van der Waals surface area (Å²) < 4.78 is 13.1. The summed E-state index contributed by atoms with van der Waals surface area (Å²) in [6.45, 7) is 0.781. The SMILES string of the molecule is CNC1=C(C(=N)c2ccc(F)cc2)CCN(C(=O)c2cccc(Cl)c2Cl)C1. The lowest BCUT2D eigenvalue weighted by Gasteiger charge is -2.31. The Kier molecular flexibility index (Phi) is 5.82. The Balaban J connectivity index is 1.85. The molecule has 7 heteroatoms. The Bertz CT molecular complexity index is 925. The van der Waals surface area contributed by atoms with Gasteiger partial charge in [-0.25, -0.2) is 4.39 Å². The maximum atomic E-state index is 13.1. The lowest BCUT2D eigenvalue weighted by Crippen LogP contribution is -2.41. The maximum Gasteiger partial charge on any atom is 0.255 e. The van der Waals surface area contributed by atoms with Crippen molar-refractivity contribution >= 4 is 34.8 Å². The fraction of sp³-hybridized carbons (Fsp3) is 0.200. The summed E-state index contributed by atoms with van der Waals surface area (Å²) >= 11 is 12.2. The van der Waals surface area contributed by atoms with Crippen LogP contribution in [0.5, 0.6) is 0 Å². The lowest BCUT2D eigenvalue weighted by molar-refractivity contribution is 0.0762. The molecule has 1 aliphatic rings. The van der Waals surface area contributed by atoms with Crippen LogP contribution in [-0.4, -0.2) is 36.7 Å².